The average molecular weight is 306 g/mol. The Labute approximate surface area is 131 Å². The molecule has 0 aliphatic rings. The molecule has 0 aromatic heterocycles. The third-order valence-electron chi connectivity index (χ3n) is 3.61. The lowest BCUT2D eigenvalue weighted by atomic mass is 9.93. The lowest BCUT2D eigenvalue weighted by Gasteiger charge is -2.22. The van der Waals surface area contributed by atoms with Gasteiger partial charge in [0.25, 0.3) is 0 Å². The summed E-state index contributed by atoms with van der Waals surface area (Å²) in [6.07, 6.45) is 1.04. The van der Waals surface area contributed by atoms with E-state index in [-0.39, 0.29) is 16.9 Å². The zero-order chi connectivity index (χ0) is 15.4. The molecular formula is C18H21ClFN. The van der Waals surface area contributed by atoms with Crippen LogP contribution in [0.3, 0.4) is 0 Å². The summed E-state index contributed by atoms with van der Waals surface area (Å²) in [5.74, 6) is -0.379. The second kappa shape index (κ2) is 7.06. The SMILES string of the molecule is CCCNC(c1ccc(F)c(Cl)c1)c1ccc(C)cc1C. The molecule has 2 aromatic carbocycles. The summed E-state index contributed by atoms with van der Waals surface area (Å²) < 4.78 is 13.4. The Morgan fingerprint density at radius 1 is 1.14 bits per heavy atom. The first-order chi connectivity index (χ1) is 10.0. The summed E-state index contributed by atoms with van der Waals surface area (Å²) in [7, 11) is 0. The molecule has 1 N–H and O–H groups in total. The van der Waals surface area contributed by atoms with Gasteiger partial charge in [0.15, 0.2) is 0 Å². The van der Waals surface area contributed by atoms with Gasteiger partial charge < -0.3 is 5.32 Å². The molecule has 2 rings (SSSR count). The van der Waals surface area contributed by atoms with Crippen LogP contribution in [-0.4, -0.2) is 6.54 Å². The Morgan fingerprint density at radius 2 is 1.90 bits per heavy atom. The van der Waals surface area contributed by atoms with Crippen LogP contribution >= 0.6 is 11.6 Å². The first kappa shape index (κ1) is 16.0. The number of aryl methyl sites for hydroxylation is 2. The number of rotatable bonds is 5. The van der Waals surface area contributed by atoms with Crippen LogP contribution in [0.2, 0.25) is 5.02 Å². The Balaban J connectivity index is 2.44. The smallest absolute Gasteiger partial charge is 0.141 e. The Morgan fingerprint density at radius 3 is 2.52 bits per heavy atom. The van der Waals surface area contributed by atoms with E-state index in [2.05, 4.69) is 44.3 Å². The summed E-state index contributed by atoms with van der Waals surface area (Å²) >= 11 is 5.94. The minimum Gasteiger partial charge on any atom is -0.306 e. The third-order valence-corrected chi connectivity index (χ3v) is 3.90. The lowest BCUT2D eigenvalue weighted by Crippen LogP contribution is -2.24. The molecule has 0 saturated heterocycles. The fourth-order valence-electron chi connectivity index (χ4n) is 2.54. The van der Waals surface area contributed by atoms with E-state index in [1.807, 2.05) is 0 Å². The highest BCUT2D eigenvalue weighted by molar-refractivity contribution is 6.30. The summed E-state index contributed by atoms with van der Waals surface area (Å²) in [5, 5.41) is 3.70. The third kappa shape index (κ3) is 3.84. The van der Waals surface area contributed by atoms with Crippen molar-refractivity contribution in [2.24, 2.45) is 0 Å². The van der Waals surface area contributed by atoms with Gasteiger partial charge in [-0.2, -0.15) is 0 Å². The number of hydrogen-bond acceptors (Lipinski definition) is 1. The van der Waals surface area contributed by atoms with Crippen molar-refractivity contribution in [3.8, 4) is 0 Å². The number of nitrogens with one attached hydrogen (secondary N) is 1. The van der Waals surface area contributed by atoms with Gasteiger partial charge in [-0.1, -0.05) is 48.4 Å². The van der Waals surface area contributed by atoms with Crippen LogP contribution in [-0.2, 0) is 0 Å². The predicted octanol–water partition coefficient (Wildman–Crippen LogP) is 5.18. The first-order valence-electron chi connectivity index (χ1n) is 7.28. The molecule has 2 aromatic rings. The molecule has 0 saturated carbocycles. The molecule has 0 spiro atoms. The summed E-state index contributed by atoms with van der Waals surface area (Å²) in [6, 6.07) is 11.4. The molecule has 0 bridgehead atoms. The van der Waals surface area contributed by atoms with Crippen molar-refractivity contribution in [1.82, 2.24) is 5.32 Å². The molecule has 0 aliphatic heterocycles. The number of hydrogen-bond donors (Lipinski definition) is 1. The van der Waals surface area contributed by atoms with Gasteiger partial charge in [-0.15, -0.1) is 0 Å². The molecule has 1 unspecified atom stereocenters. The van der Waals surface area contributed by atoms with Crippen molar-refractivity contribution in [2.45, 2.75) is 33.2 Å². The van der Waals surface area contributed by atoms with Gasteiger partial charge >= 0.3 is 0 Å². The van der Waals surface area contributed by atoms with Crippen LogP contribution in [0, 0.1) is 19.7 Å². The van der Waals surface area contributed by atoms with Crippen molar-refractivity contribution in [2.75, 3.05) is 6.54 Å². The first-order valence-corrected chi connectivity index (χ1v) is 7.66. The van der Waals surface area contributed by atoms with E-state index >= 15 is 0 Å². The van der Waals surface area contributed by atoms with Gasteiger partial charge in [0.1, 0.15) is 5.82 Å². The molecular weight excluding hydrogens is 285 g/mol. The zero-order valence-corrected chi connectivity index (χ0v) is 13.5. The number of benzene rings is 2. The molecule has 112 valence electrons. The minimum atomic E-state index is -0.379. The molecule has 0 amide bonds. The van der Waals surface area contributed by atoms with Crippen LogP contribution in [0.4, 0.5) is 4.39 Å². The number of halogens is 2. The monoisotopic (exact) mass is 305 g/mol. The maximum atomic E-state index is 13.4. The quantitative estimate of drug-likeness (QED) is 0.802. The van der Waals surface area contributed by atoms with E-state index in [9.17, 15) is 4.39 Å². The van der Waals surface area contributed by atoms with E-state index < -0.39 is 0 Å². The van der Waals surface area contributed by atoms with Crippen LogP contribution in [0.25, 0.3) is 0 Å². The molecule has 1 nitrogen and oxygen atoms in total. The molecule has 0 fully saturated rings. The molecule has 0 heterocycles. The van der Waals surface area contributed by atoms with E-state index in [1.165, 1.54) is 22.8 Å². The van der Waals surface area contributed by atoms with Crippen LogP contribution in [0.1, 0.15) is 41.6 Å². The van der Waals surface area contributed by atoms with E-state index in [4.69, 9.17) is 11.6 Å². The molecule has 21 heavy (non-hydrogen) atoms. The topological polar surface area (TPSA) is 12.0 Å². The fraction of sp³-hybridized carbons (Fsp3) is 0.333. The van der Waals surface area contributed by atoms with Crippen molar-refractivity contribution in [3.05, 3.63) is 69.5 Å². The maximum absolute atomic E-state index is 13.4. The highest BCUT2D eigenvalue weighted by Gasteiger charge is 2.16. The zero-order valence-electron chi connectivity index (χ0n) is 12.7. The van der Waals surface area contributed by atoms with E-state index in [0.717, 1.165) is 18.5 Å². The van der Waals surface area contributed by atoms with Gasteiger partial charge in [-0.3, -0.25) is 0 Å². The summed E-state index contributed by atoms with van der Waals surface area (Å²) in [6.45, 7) is 7.21. The average Bonchev–Trinajstić information content (AvgIpc) is 2.44. The van der Waals surface area contributed by atoms with E-state index in [1.54, 1.807) is 12.1 Å². The van der Waals surface area contributed by atoms with Gasteiger partial charge in [-0.05, 0) is 55.6 Å². The largest absolute Gasteiger partial charge is 0.306 e. The highest BCUT2D eigenvalue weighted by Crippen LogP contribution is 2.28. The fourth-order valence-corrected chi connectivity index (χ4v) is 2.73. The molecule has 1 atom stereocenters. The Bertz CT molecular complexity index is 625. The Kier molecular flexibility index (Phi) is 5.38. The van der Waals surface area contributed by atoms with Gasteiger partial charge in [-0.25, -0.2) is 4.39 Å². The van der Waals surface area contributed by atoms with Crippen molar-refractivity contribution in [3.63, 3.8) is 0 Å². The molecule has 3 heteroatoms. The minimum absolute atomic E-state index is 0.0312. The van der Waals surface area contributed by atoms with Gasteiger partial charge in [0, 0.05) is 0 Å². The van der Waals surface area contributed by atoms with Gasteiger partial charge in [0.05, 0.1) is 11.1 Å². The highest BCUT2D eigenvalue weighted by atomic mass is 35.5. The van der Waals surface area contributed by atoms with E-state index in [0.29, 0.717) is 0 Å². The summed E-state index contributed by atoms with van der Waals surface area (Å²) in [4.78, 5) is 0. The Hall–Kier alpha value is -1.38. The second-order valence-corrected chi connectivity index (χ2v) is 5.83. The normalized spacial score (nSPS) is 12.4. The van der Waals surface area contributed by atoms with Crippen LogP contribution < -0.4 is 5.32 Å². The van der Waals surface area contributed by atoms with Crippen LogP contribution in [0.15, 0.2) is 36.4 Å². The lowest BCUT2D eigenvalue weighted by molar-refractivity contribution is 0.591. The summed E-state index contributed by atoms with van der Waals surface area (Å²) in [5.41, 5.74) is 4.66. The van der Waals surface area contributed by atoms with Gasteiger partial charge in [0.2, 0.25) is 0 Å². The molecule has 0 radical (unpaired) electrons. The molecule has 0 aliphatic carbocycles. The maximum Gasteiger partial charge on any atom is 0.141 e. The van der Waals surface area contributed by atoms with Crippen LogP contribution in [0.5, 0.6) is 0 Å². The van der Waals surface area contributed by atoms with Crippen molar-refractivity contribution in [1.29, 1.82) is 0 Å². The van der Waals surface area contributed by atoms with Crippen molar-refractivity contribution >= 4 is 11.6 Å². The second-order valence-electron chi connectivity index (χ2n) is 5.42. The standard InChI is InChI=1S/C18H21ClFN/c1-4-9-21-18(14-6-8-17(20)16(19)11-14)15-7-5-12(2)10-13(15)3/h5-8,10-11,18,21H,4,9H2,1-3H3. The predicted molar refractivity (Wildman–Crippen MR) is 87.5 cm³/mol. The van der Waals surface area contributed by atoms with Crippen molar-refractivity contribution < 1.29 is 4.39 Å².